The molecule has 3 N–H and O–H groups in total. The molecule has 0 saturated heterocycles. The topological polar surface area (TPSA) is 87.7 Å². The lowest BCUT2D eigenvalue weighted by Gasteiger charge is -2.08. The molecule has 2 amide bonds. The van der Waals surface area contributed by atoms with Crippen LogP contribution in [0.2, 0.25) is 0 Å². The van der Waals surface area contributed by atoms with Gasteiger partial charge in [-0.2, -0.15) is 0 Å². The Labute approximate surface area is 118 Å². The minimum Gasteiger partial charge on any atom is -0.482 e. The summed E-state index contributed by atoms with van der Waals surface area (Å²) in [5.74, 6) is -0.583. The lowest BCUT2D eigenvalue weighted by atomic mass is 10.2. The fraction of sp³-hybridized carbons (Fsp3) is 0.429. The van der Waals surface area contributed by atoms with Gasteiger partial charge in [-0.3, -0.25) is 0 Å². The van der Waals surface area contributed by atoms with E-state index < -0.39 is 5.97 Å². The van der Waals surface area contributed by atoms with E-state index in [9.17, 15) is 9.59 Å². The van der Waals surface area contributed by atoms with Crippen molar-refractivity contribution in [1.29, 1.82) is 0 Å². The highest BCUT2D eigenvalue weighted by atomic mass is 16.5. The Kier molecular flexibility index (Phi) is 6.95. The van der Waals surface area contributed by atoms with Crippen molar-refractivity contribution in [2.24, 2.45) is 0 Å². The predicted molar refractivity (Wildman–Crippen MR) is 76.1 cm³/mol. The van der Waals surface area contributed by atoms with Gasteiger partial charge in [-0.1, -0.05) is 19.8 Å². The normalized spacial score (nSPS) is 9.85. The van der Waals surface area contributed by atoms with Crippen LogP contribution >= 0.6 is 0 Å². The Bertz CT molecular complexity index is 431. The smallest absolute Gasteiger partial charge is 0.341 e. The number of ether oxygens (including phenoxy) is 1. The van der Waals surface area contributed by atoms with E-state index >= 15 is 0 Å². The first kappa shape index (κ1) is 15.8. The first-order valence-electron chi connectivity index (χ1n) is 6.61. The van der Waals surface area contributed by atoms with Gasteiger partial charge in [0.2, 0.25) is 0 Å². The molecule has 0 unspecified atom stereocenters. The molecule has 0 aliphatic heterocycles. The summed E-state index contributed by atoms with van der Waals surface area (Å²) in [6.07, 6.45) is 3.17. The average Bonchev–Trinajstić information content (AvgIpc) is 2.43. The summed E-state index contributed by atoms with van der Waals surface area (Å²) in [7, 11) is 0. The molecule has 6 nitrogen and oxygen atoms in total. The van der Waals surface area contributed by atoms with Gasteiger partial charge in [-0.15, -0.1) is 0 Å². The molecule has 1 rings (SSSR count). The maximum Gasteiger partial charge on any atom is 0.341 e. The van der Waals surface area contributed by atoms with E-state index in [0.29, 0.717) is 18.0 Å². The molecule has 0 aliphatic rings. The molecule has 0 atom stereocenters. The van der Waals surface area contributed by atoms with Crippen LogP contribution in [0.3, 0.4) is 0 Å². The summed E-state index contributed by atoms with van der Waals surface area (Å²) in [5.41, 5.74) is 0.626. The monoisotopic (exact) mass is 280 g/mol. The molecule has 6 heteroatoms. The highest BCUT2D eigenvalue weighted by Crippen LogP contribution is 2.15. The Morgan fingerprint density at radius 3 is 2.50 bits per heavy atom. The molecule has 0 spiro atoms. The highest BCUT2D eigenvalue weighted by Gasteiger charge is 2.02. The molecule has 20 heavy (non-hydrogen) atoms. The molecule has 0 aliphatic carbocycles. The number of carboxylic acids is 1. The maximum atomic E-state index is 11.5. The summed E-state index contributed by atoms with van der Waals surface area (Å²) in [6.45, 7) is 2.37. The molecule has 0 fully saturated rings. The Hall–Kier alpha value is -2.24. The van der Waals surface area contributed by atoms with Crippen LogP contribution < -0.4 is 15.4 Å². The van der Waals surface area contributed by atoms with Crippen molar-refractivity contribution in [2.45, 2.75) is 26.2 Å². The second-order valence-corrected chi connectivity index (χ2v) is 4.29. The molecule has 1 aromatic carbocycles. The average molecular weight is 280 g/mol. The first-order chi connectivity index (χ1) is 9.61. The summed E-state index contributed by atoms with van der Waals surface area (Å²) < 4.78 is 4.99. The summed E-state index contributed by atoms with van der Waals surface area (Å²) in [5, 5.41) is 13.9. The third-order valence-electron chi connectivity index (χ3n) is 2.54. The molecule has 110 valence electrons. The lowest BCUT2D eigenvalue weighted by molar-refractivity contribution is -0.139. The minimum atomic E-state index is -1.03. The van der Waals surface area contributed by atoms with Gasteiger partial charge < -0.3 is 20.5 Å². The molecule has 0 heterocycles. The number of hydrogen-bond donors (Lipinski definition) is 3. The van der Waals surface area contributed by atoms with Crippen LogP contribution in [0.5, 0.6) is 5.75 Å². The van der Waals surface area contributed by atoms with Crippen molar-refractivity contribution in [1.82, 2.24) is 5.32 Å². The van der Waals surface area contributed by atoms with Crippen LogP contribution in [-0.4, -0.2) is 30.3 Å². The van der Waals surface area contributed by atoms with Crippen LogP contribution in [0.4, 0.5) is 10.5 Å². The maximum absolute atomic E-state index is 11.5. The van der Waals surface area contributed by atoms with E-state index in [1.54, 1.807) is 24.3 Å². The van der Waals surface area contributed by atoms with E-state index in [0.717, 1.165) is 19.3 Å². The van der Waals surface area contributed by atoms with Crippen LogP contribution in [0.25, 0.3) is 0 Å². The van der Waals surface area contributed by atoms with Crippen molar-refractivity contribution >= 4 is 17.7 Å². The summed E-state index contributed by atoms with van der Waals surface area (Å²) in [6, 6.07) is 6.27. The van der Waals surface area contributed by atoms with Gasteiger partial charge in [0, 0.05) is 12.2 Å². The highest BCUT2D eigenvalue weighted by molar-refractivity contribution is 5.89. The number of anilines is 1. The number of urea groups is 1. The second-order valence-electron chi connectivity index (χ2n) is 4.29. The number of rotatable bonds is 8. The van der Waals surface area contributed by atoms with E-state index in [1.165, 1.54) is 0 Å². The minimum absolute atomic E-state index is 0.250. The molecule has 0 saturated carbocycles. The summed E-state index contributed by atoms with van der Waals surface area (Å²) in [4.78, 5) is 21.9. The van der Waals surface area contributed by atoms with Gasteiger partial charge >= 0.3 is 12.0 Å². The van der Waals surface area contributed by atoms with Crippen molar-refractivity contribution in [3.63, 3.8) is 0 Å². The summed E-state index contributed by atoms with van der Waals surface area (Å²) >= 11 is 0. The van der Waals surface area contributed by atoms with Crippen LogP contribution in [0.1, 0.15) is 26.2 Å². The molecule has 0 bridgehead atoms. The van der Waals surface area contributed by atoms with Crippen LogP contribution in [0, 0.1) is 0 Å². The fourth-order valence-corrected chi connectivity index (χ4v) is 1.53. The Morgan fingerprint density at radius 1 is 1.20 bits per heavy atom. The Balaban J connectivity index is 2.33. The first-order valence-corrected chi connectivity index (χ1v) is 6.61. The standard InChI is InChI=1S/C14H20N2O4/c1-2-3-4-9-15-14(19)16-11-5-7-12(8-6-11)20-10-13(17)18/h5-8H,2-4,9-10H2,1H3,(H,17,18)(H2,15,16,19). The quantitative estimate of drug-likeness (QED) is 0.638. The number of carbonyl (C=O) groups excluding carboxylic acids is 1. The van der Waals surface area contributed by atoms with E-state index in [-0.39, 0.29) is 12.6 Å². The zero-order valence-electron chi connectivity index (χ0n) is 11.5. The number of hydrogen-bond acceptors (Lipinski definition) is 3. The van der Waals surface area contributed by atoms with Gasteiger partial charge in [0.1, 0.15) is 5.75 Å². The largest absolute Gasteiger partial charge is 0.482 e. The third kappa shape index (κ3) is 6.63. The van der Waals surface area contributed by atoms with Gasteiger partial charge in [0.25, 0.3) is 0 Å². The molecular formula is C14H20N2O4. The number of carboxylic acid groups (broad SMARTS) is 1. The Morgan fingerprint density at radius 2 is 1.90 bits per heavy atom. The third-order valence-corrected chi connectivity index (χ3v) is 2.54. The number of nitrogens with one attached hydrogen (secondary N) is 2. The molecule has 0 aromatic heterocycles. The zero-order valence-corrected chi connectivity index (χ0v) is 11.5. The second kappa shape index (κ2) is 8.79. The number of carbonyl (C=O) groups is 2. The molecule has 0 radical (unpaired) electrons. The van der Waals surface area contributed by atoms with E-state index in [2.05, 4.69) is 17.6 Å². The van der Waals surface area contributed by atoms with Crippen molar-refractivity contribution in [3.8, 4) is 5.75 Å². The van der Waals surface area contributed by atoms with Crippen molar-refractivity contribution in [3.05, 3.63) is 24.3 Å². The van der Waals surface area contributed by atoms with E-state index in [4.69, 9.17) is 9.84 Å². The van der Waals surface area contributed by atoms with Crippen LogP contribution in [0.15, 0.2) is 24.3 Å². The number of aliphatic carboxylic acids is 1. The van der Waals surface area contributed by atoms with Gasteiger partial charge in [-0.05, 0) is 30.7 Å². The number of unbranched alkanes of at least 4 members (excludes halogenated alkanes) is 2. The lowest BCUT2D eigenvalue weighted by Crippen LogP contribution is -2.29. The van der Waals surface area contributed by atoms with Crippen LogP contribution in [-0.2, 0) is 4.79 Å². The number of amides is 2. The van der Waals surface area contributed by atoms with Gasteiger partial charge in [0.05, 0.1) is 0 Å². The predicted octanol–water partition coefficient (Wildman–Crippen LogP) is 2.46. The molecule has 1 aromatic rings. The van der Waals surface area contributed by atoms with Gasteiger partial charge in [-0.25, -0.2) is 9.59 Å². The molecular weight excluding hydrogens is 260 g/mol. The fourth-order valence-electron chi connectivity index (χ4n) is 1.53. The SMILES string of the molecule is CCCCCNC(=O)Nc1ccc(OCC(=O)O)cc1. The van der Waals surface area contributed by atoms with Gasteiger partial charge in [0.15, 0.2) is 6.61 Å². The van der Waals surface area contributed by atoms with Crippen molar-refractivity contribution in [2.75, 3.05) is 18.5 Å². The number of benzene rings is 1. The zero-order chi connectivity index (χ0) is 14.8. The van der Waals surface area contributed by atoms with Crippen molar-refractivity contribution < 1.29 is 19.4 Å². The van der Waals surface area contributed by atoms with E-state index in [1.807, 2.05) is 0 Å².